The molecule has 0 amide bonds. The molecule has 14 heavy (non-hydrogen) atoms. The Kier molecular flexibility index (Phi) is 5.77. The number of hydrogen-bond donors (Lipinski definition) is 1. The molecular formula is C11H23NO2. The lowest BCUT2D eigenvalue weighted by atomic mass is 9.90. The Hall–Kier alpha value is -0.570. The van der Waals surface area contributed by atoms with Gasteiger partial charge in [-0.1, -0.05) is 20.3 Å². The van der Waals surface area contributed by atoms with Gasteiger partial charge in [-0.15, -0.1) is 0 Å². The molecule has 0 aliphatic heterocycles. The summed E-state index contributed by atoms with van der Waals surface area (Å²) in [5.41, 5.74) is -0.488. The zero-order chi connectivity index (χ0) is 11.2. The summed E-state index contributed by atoms with van der Waals surface area (Å²) in [6.45, 7) is 8.18. The molecule has 1 atom stereocenters. The zero-order valence-electron chi connectivity index (χ0n) is 10.0. The third kappa shape index (κ3) is 3.29. The minimum Gasteiger partial charge on any atom is -0.468 e. The number of carbonyl (C=O) groups excluding carboxylic acids is 1. The van der Waals surface area contributed by atoms with Crippen molar-refractivity contribution in [2.45, 2.75) is 58.5 Å². The Labute approximate surface area is 87.2 Å². The molecule has 0 heterocycles. The molecule has 0 saturated heterocycles. The van der Waals surface area contributed by atoms with E-state index in [0.717, 1.165) is 19.3 Å². The Morgan fingerprint density at radius 2 is 2.00 bits per heavy atom. The van der Waals surface area contributed by atoms with Crippen molar-refractivity contribution in [1.82, 2.24) is 5.32 Å². The van der Waals surface area contributed by atoms with Crippen LogP contribution in [-0.4, -0.2) is 24.7 Å². The molecule has 0 aliphatic carbocycles. The van der Waals surface area contributed by atoms with Crippen molar-refractivity contribution in [1.29, 1.82) is 0 Å². The average Bonchev–Trinajstić information content (AvgIpc) is 2.15. The molecule has 0 aromatic carbocycles. The first kappa shape index (κ1) is 13.4. The van der Waals surface area contributed by atoms with E-state index in [0.29, 0.717) is 6.04 Å². The summed E-state index contributed by atoms with van der Waals surface area (Å²) in [5, 5.41) is 3.32. The predicted octanol–water partition coefficient (Wildman–Crippen LogP) is 2.11. The van der Waals surface area contributed by atoms with Gasteiger partial charge in [-0.3, -0.25) is 10.1 Å². The summed E-state index contributed by atoms with van der Waals surface area (Å²) in [6.07, 6.45) is 2.57. The highest BCUT2D eigenvalue weighted by atomic mass is 16.5. The van der Waals surface area contributed by atoms with Crippen molar-refractivity contribution in [2.75, 3.05) is 7.11 Å². The van der Waals surface area contributed by atoms with E-state index in [-0.39, 0.29) is 5.97 Å². The van der Waals surface area contributed by atoms with Gasteiger partial charge in [0.1, 0.15) is 5.54 Å². The van der Waals surface area contributed by atoms with Gasteiger partial charge < -0.3 is 4.74 Å². The molecule has 0 spiro atoms. The summed E-state index contributed by atoms with van der Waals surface area (Å²) in [5.74, 6) is -0.143. The van der Waals surface area contributed by atoms with Crippen LogP contribution >= 0.6 is 0 Å². The molecule has 84 valence electrons. The highest BCUT2D eigenvalue weighted by Gasteiger charge is 2.36. The molecule has 0 rings (SSSR count). The van der Waals surface area contributed by atoms with E-state index in [2.05, 4.69) is 12.2 Å². The zero-order valence-corrected chi connectivity index (χ0v) is 10.0. The first-order chi connectivity index (χ1) is 6.52. The highest BCUT2D eigenvalue weighted by molar-refractivity contribution is 5.80. The summed E-state index contributed by atoms with van der Waals surface area (Å²) in [6, 6.07) is 0.292. The van der Waals surface area contributed by atoms with Crippen LogP contribution in [0.2, 0.25) is 0 Å². The van der Waals surface area contributed by atoms with Crippen LogP contribution < -0.4 is 5.32 Å². The lowest BCUT2D eigenvalue weighted by Crippen LogP contribution is -2.54. The van der Waals surface area contributed by atoms with Crippen LogP contribution in [0.25, 0.3) is 0 Å². The van der Waals surface area contributed by atoms with Crippen LogP contribution in [0, 0.1) is 0 Å². The number of methoxy groups -OCH3 is 1. The Bertz CT molecular complexity index is 180. The van der Waals surface area contributed by atoms with Crippen molar-refractivity contribution >= 4 is 5.97 Å². The second-order valence-corrected chi connectivity index (χ2v) is 3.98. The van der Waals surface area contributed by atoms with E-state index in [9.17, 15) is 4.79 Å². The molecule has 3 nitrogen and oxygen atoms in total. The molecule has 1 N–H and O–H groups in total. The number of esters is 1. The van der Waals surface area contributed by atoms with Crippen molar-refractivity contribution in [3.8, 4) is 0 Å². The quantitative estimate of drug-likeness (QED) is 0.669. The van der Waals surface area contributed by atoms with Gasteiger partial charge in [0.15, 0.2) is 0 Å². The third-order valence-corrected chi connectivity index (χ3v) is 2.42. The minimum absolute atomic E-state index is 0.143. The van der Waals surface area contributed by atoms with Crippen molar-refractivity contribution in [3.05, 3.63) is 0 Å². The van der Waals surface area contributed by atoms with Gasteiger partial charge in [-0.25, -0.2) is 0 Å². The second kappa shape index (κ2) is 6.02. The van der Waals surface area contributed by atoms with E-state index in [1.807, 2.05) is 20.8 Å². The van der Waals surface area contributed by atoms with E-state index in [1.54, 1.807) is 0 Å². The predicted molar refractivity (Wildman–Crippen MR) is 58.2 cm³/mol. The first-order valence-electron chi connectivity index (χ1n) is 5.38. The summed E-state index contributed by atoms with van der Waals surface area (Å²) in [7, 11) is 1.45. The van der Waals surface area contributed by atoms with E-state index in [1.165, 1.54) is 7.11 Å². The van der Waals surface area contributed by atoms with Crippen molar-refractivity contribution in [3.63, 3.8) is 0 Å². The fourth-order valence-corrected chi connectivity index (χ4v) is 1.83. The van der Waals surface area contributed by atoms with Crippen LogP contribution in [0.3, 0.4) is 0 Å². The van der Waals surface area contributed by atoms with Gasteiger partial charge in [0.05, 0.1) is 7.11 Å². The monoisotopic (exact) mass is 201 g/mol. The fraction of sp³-hybridized carbons (Fsp3) is 0.909. The number of carbonyl (C=O) groups is 1. The minimum atomic E-state index is -0.488. The maximum absolute atomic E-state index is 11.7. The number of ether oxygens (including phenoxy) is 1. The molecule has 0 saturated carbocycles. The van der Waals surface area contributed by atoms with Gasteiger partial charge in [0, 0.05) is 6.04 Å². The Morgan fingerprint density at radius 3 is 2.29 bits per heavy atom. The Morgan fingerprint density at radius 1 is 1.43 bits per heavy atom. The van der Waals surface area contributed by atoms with Crippen LogP contribution in [0.15, 0.2) is 0 Å². The van der Waals surface area contributed by atoms with E-state index in [4.69, 9.17) is 4.74 Å². The fourth-order valence-electron chi connectivity index (χ4n) is 1.83. The molecule has 0 aromatic heterocycles. The maximum atomic E-state index is 11.7. The summed E-state index contributed by atoms with van der Waals surface area (Å²) in [4.78, 5) is 11.7. The third-order valence-electron chi connectivity index (χ3n) is 2.42. The molecule has 0 bridgehead atoms. The standard InChI is InChI=1S/C11H23NO2/c1-6-8-11(7-2,10(13)14-5)12-9(3)4/h9,12H,6-8H2,1-5H3. The topological polar surface area (TPSA) is 38.3 Å². The summed E-state index contributed by atoms with van der Waals surface area (Å²) >= 11 is 0. The number of hydrogen-bond acceptors (Lipinski definition) is 3. The molecule has 0 aromatic rings. The molecule has 1 unspecified atom stereocenters. The lowest BCUT2D eigenvalue weighted by Gasteiger charge is -2.32. The molecule has 0 radical (unpaired) electrons. The lowest BCUT2D eigenvalue weighted by molar-refractivity contribution is -0.149. The average molecular weight is 201 g/mol. The summed E-state index contributed by atoms with van der Waals surface area (Å²) < 4.78 is 4.86. The van der Waals surface area contributed by atoms with Crippen molar-refractivity contribution < 1.29 is 9.53 Å². The van der Waals surface area contributed by atoms with E-state index < -0.39 is 5.54 Å². The van der Waals surface area contributed by atoms with Gasteiger partial charge in [0.2, 0.25) is 0 Å². The largest absolute Gasteiger partial charge is 0.468 e. The van der Waals surface area contributed by atoms with Crippen LogP contribution in [0.5, 0.6) is 0 Å². The van der Waals surface area contributed by atoms with Crippen molar-refractivity contribution in [2.24, 2.45) is 0 Å². The second-order valence-electron chi connectivity index (χ2n) is 3.98. The number of rotatable bonds is 6. The maximum Gasteiger partial charge on any atom is 0.326 e. The first-order valence-corrected chi connectivity index (χ1v) is 5.38. The molecule has 3 heteroatoms. The van der Waals surface area contributed by atoms with Gasteiger partial charge in [-0.05, 0) is 26.7 Å². The Balaban J connectivity index is 4.67. The van der Waals surface area contributed by atoms with Gasteiger partial charge in [-0.2, -0.15) is 0 Å². The smallest absolute Gasteiger partial charge is 0.326 e. The highest BCUT2D eigenvalue weighted by Crippen LogP contribution is 2.20. The van der Waals surface area contributed by atoms with Crippen LogP contribution in [-0.2, 0) is 9.53 Å². The van der Waals surface area contributed by atoms with Crippen LogP contribution in [0.1, 0.15) is 47.0 Å². The van der Waals surface area contributed by atoms with E-state index >= 15 is 0 Å². The molecule has 0 fully saturated rings. The SMILES string of the molecule is CCCC(CC)(NC(C)C)C(=O)OC. The van der Waals surface area contributed by atoms with Crippen LogP contribution in [0.4, 0.5) is 0 Å². The normalized spacial score (nSPS) is 15.3. The van der Waals surface area contributed by atoms with Gasteiger partial charge >= 0.3 is 5.97 Å². The number of nitrogens with one attached hydrogen (secondary N) is 1. The van der Waals surface area contributed by atoms with Gasteiger partial charge in [0.25, 0.3) is 0 Å². The molecular weight excluding hydrogens is 178 g/mol. The molecule has 0 aliphatic rings.